The van der Waals surface area contributed by atoms with Gasteiger partial charge in [-0.25, -0.2) is 9.82 Å². The predicted octanol–water partition coefficient (Wildman–Crippen LogP) is 4.49. The third-order valence-electron chi connectivity index (χ3n) is 3.77. The van der Waals surface area contributed by atoms with Gasteiger partial charge in [-0.1, -0.05) is 41.9 Å². The molecule has 0 aliphatic heterocycles. The van der Waals surface area contributed by atoms with Gasteiger partial charge in [0.15, 0.2) is 0 Å². The molecule has 1 amide bonds. The second kappa shape index (κ2) is 6.91. The summed E-state index contributed by atoms with van der Waals surface area (Å²) in [6.45, 7) is 1.66. The summed E-state index contributed by atoms with van der Waals surface area (Å²) in [5.41, 5.74) is 3.54. The van der Waals surface area contributed by atoms with Crippen LogP contribution in [0.25, 0.3) is 10.8 Å². The maximum absolute atomic E-state index is 13.2. The summed E-state index contributed by atoms with van der Waals surface area (Å²) in [5.74, 6) is -1.20. The van der Waals surface area contributed by atoms with E-state index >= 15 is 0 Å². The van der Waals surface area contributed by atoms with Crippen molar-refractivity contribution < 1.29 is 14.3 Å². The third kappa shape index (κ3) is 3.61. The number of rotatable bonds is 3. The highest BCUT2D eigenvalue weighted by Crippen LogP contribution is 2.25. The van der Waals surface area contributed by atoms with Crippen LogP contribution in [0.3, 0.4) is 0 Å². The summed E-state index contributed by atoms with van der Waals surface area (Å²) in [7, 11) is 0. The highest BCUT2D eigenvalue weighted by atomic mass is 35.5. The molecule has 126 valence electrons. The molecule has 0 aromatic heterocycles. The van der Waals surface area contributed by atoms with Crippen molar-refractivity contribution in [3.8, 4) is 5.75 Å². The number of hydrazone groups is 1. The molecule has 0 saturated carbocycles. The van der Waals surface area contributed by atoms with E-state index in [1.807, 2.05) is 24.3 Å². The molecule has 0 fully saturated rings. The minimum atomic E-state index is -0.546. The zero-order chi connectivity index (χ0) is 18.0. The SMILES string of the molecule is CC(=NNC(=O)c1cc2ccccc2cc1O)c1ccc(F)c(Cl)c1. The Bertz CT molecular complexity index is 1000. The van der Waals surface area contributed by atoms with E-state index in [-0.39, 0.29) is 16.3 Å². The number of hydrogen-bond acceptors (Lipinski definition) is 3. The molecule has 25 heavy (non-hydrogen) atoms. The van der Waals surface area contributed by atoms with Gasteiger partial charge in [0.1, 0.15) is 11.6 Å². The molecule has 2 N–H and O–H groups in total. The largest absolute Gasteiger partial charge is 0.507 e. The quantitative estimate of drug-likeness (QED) is 0.536. The monoisotopic (exact) mass is 356 g/mol. The van der Waals surface area contributed by atoms with Crippen LogP contribution in [0.1, 0.15) is 22.8 Å². The molecule has 0 atom stereocenters. The number of phenolic OH excluding ortho intramolecular Hbond substituents is 1. The average molecular weight is 357 g/mol. The van der Waals surface area contributed by atoms with Crippen LogP contribution in [-0.4, -0.2) is 16.7 Å². The maximum atomic E-state index is 13.2. The fourth-order valence-electron chi connectivity index (χ4n) is 2.39. The molecular formula is C19H14ClFN2O2. The van der Waals surface area contributed by atoms with Gasteiger partial charge in [0.25, 0.3) is 5.91 Å². The molecule has 0 radical (unpaired) electrons. The first-order valence-corrected chi connectivity index (χ1v) is 7.85. The molecular weight excluding hydrogens is 343 g/mol. The highest BCUT2D eigenvalue weighted by molar-refractivity contribution is 6.31. The van der Waals surface area contributed by atoms with Gasteiger partial charge in [0, 0.05) is 0 Å². The summed E-state index contributed by atoms with van der Waals surface area (Å²) in [6.07, 6.45) is 0. The van der Waals surface area contributed by atoms with Gasteiger partial charge >= 0.3 is 0 Å². The van der Waals surface area contributed by atoms with E-state index in [1.54, 1.807) is 13.0 Å². The minimum Gasteiger partial charge on any atom is -0.507 e. The number of carbonyl (C=O) groups is 1. The van der Waals surface area contributed by atoms with Crippen LogP contribution in [-0.2, 0) is 0 Å². The van der Waals surface area contributed by atoms with E-state index < -0.39 is 11.7 Å². The number of benzene rings is 3. The van der Waals surface area contributed by atoms with Gasteiger partial charge in [0.2, 0.25) is 0 Å². The van der Waals surface area contributed by atoms with Crippen LogP contribution in [0.2, 0.25) is 5.02 Å². The van der Waals surface area contributed by atoms with Crippen LogP contribution < -0.4 is 5.43 Å². The maximum Gasteiger partial charge on any atom is 0.275 e. The summed E-state index contributed by atoms with van der Waals surface area (Å²) in [4.78, 5) is 12.3. The van der Waals surface area contributed by atoms with E-state index in [2.05, 4.69) is 10.5 Å². The first-order chi connectivity index (χ1) is 12.0. The van der Waals surface area contributed by atoms with E-state index in [9.17, 15) is 14.3 Å². The van der Waals surface area contributed by atoms with Gasteiger partial charge < -0.3 is 5.11 Å². The summed E-state index contributed by atoms with van der Waals surface area (Å²) in [6, 6.07) is 14.7. The molecule has 0 aliphatic rings. The highest BCUT2D eigenvalue weighted by Gasteiger charge is 2.12. The van der Waals surface area contributed by atoms with Crippen molar-refractivity contribution in [1.82, 2.24) is 5.43 Å². The van der Waals surface area contributed by atoms with Crippen molar-refractivity contribution in [3.63, 3.8) is 0 Å². The van der Waals surface area contributed by atoms with E-state index in [0.29, 0.717) is 11.3 Å². The normalized spacial score (nSPS) is 11.6. The fourth-order valence-corrected chi connectivity index (χ4v) is 2.57. The number of aromatic hydroxyl groups is 1. The molecule has 0 aliphatic carbocycles. The predicted molar refractivity (Wildman–Crippen MR) is 96.7 cm³/mol. The number of nitrogens with one attached hydrogen (secondary N) is 1. The lowest BCUT2D eigenvalue weighted by atomic mass is 10.1. The van der Waals surface area contributed by atoms with Crippen molar-refractivity contribution in [1.29, 1.82) is 0 Å². The molecule has 0 heterocycles. The molecule has 3 aromatic carbocycles. The van der Waals surface area contributed by atoms with Crippen LogP contribution in [0.4, 0.5) is 4.39 Å². The van der Waals surface area contributed by atoms with Gasteiger partial charge in [0.05, 0.1) is 16.3 Å². The average Bonchev–Trinajstić information content (AvgIpc) is 2.61. The van der Waals surface area contributed by atoms with Crippen molar-refractivity contribution in [2.45, 2.75) is 6.92 Å². The Morgan fingerprint density at radius 1 is 1.12 bits per heavy atom. The number of fused-ring (bicyclic) bond motifs is 1. The lowest BCUT2D eigenvalue weighted by Crippen LogP contribution is -2.19. The molecule has 3 rings (SSSR count). The molecule has 3 aromatic rings. The van der Waals surface area contributed by atoms with Crippen LogP contribution in [0.15, 0.2) is 59.7 Å². The van der Waals surface area contributed by atoms with Gasteiger partial charge in [-0.2, -0.15) is 5.10 Å². The Hall–Kier alpha value is -2.92. The molecule has 6 heteroatoms. The van der Waals surface area contributed by atoms with Crippen molar-refractivity contribution in [3.05, 3.63) is 76.6 Å². The number of amides is 1. The minimum absolute atomic E-state index is 0.0226. The summed E-state index contributed by atoms with van der Waals surface area (Å²) in [5, 5.41) is 15.7. The fraction of sp³-hybridized carbons (Fsp3) is 0.0526. The number of phenols is 1. The molecule has 0 bridgehead atoms. The Morgan fingerprint density at radius 2 is 1.80 bits per heavy atom. The lowest BCUT2D eigenvalue weighted by molar-refractivity contribution is 0.0952. The zero-order valence-corrected chi connectivity index (χ0v) is 14.0. The van der Waals surface area contributed by atoms with E-state index in [0.717, 1.165) is 10.8 Å². The first kappa shape index (κ1) is 16.9. The van der Waals surface area contributed by atoms with Crippen LogP contribution >= 0.6 is 11.6 Å². The van der Waals surface area contributed by atoms with Crippen molar-refractivity contribution in [2.24, 2.45) is 5.10 Å². The topological polar surface area (TPSA) is 61.7 Å². The Morgan fingerprint density at radius 3 is 2.48 bits per heavy atom. The smallest absolute Gasteiger partial charge is 0.275 e. The number of nitrogens with zero attached hydrogens (tertiary/aromatic N) is 1. The van der Waals surface area contributed by atoms with Gasteiger partial charge in [-0.05, 0) is 47.5 Å². The number of hydrogen-bond donors (Lipinski definition) is 2. The summed E-state index contributed by atoms with van der Waals surface area (Å²) < 4.78 is 13.2. The lowest BCUT2D eigenvalue weighted by Gasteiger charge is -2.07. The van der Waals surface area contributed by atoms with Gasteiger partial charge in [-0.15, -0.1) is 0 Å². The number of halogens is 2. The Balaban J connectivity index is 1.84. The Labute approximate surface area is 148 Å². The number of carbonyl (C=O) groups excluding carboxylic acids is 1. The van der Waals surface area contributed by atoms with E-state index in [4.69, 9.17) is 11.6 Å². The second-order valence-electron chi connectivity index (χ2n) is 5.48. The van der Waals surface area contributed by atoms with Gasteiger partial charge in [-0.3, -0.25) is 4.79 Å². The zero-order valence-electron chi connectivity index (χ0n) is 13.3. The van der Waals surface area contributed by atoms with Crippen LogP contribution in [0.5, 0.6) is 5.75 Å². The molecule has 0 saturated heterocycles. The standard InChI is InChI=1S/C19H14ClFN2O2/c1-11(12-6-7-17(21)16(20)9-12)22-23-19(25)15-8-13-4-2-3-5-14(13)10-18(15)24/h2-10,24H,1H3,(H,23,25). The molecule has 4 nitrogen and oxygen atoms in total. The van der Waals surface area contributed by atoms with Crippen molar-refractivity contribution in [2.75, 3.05) is 0 Å². The van der Waals surface area contributed by atoms with Crippen LogP contribution in [0, 0.1) is 5.82 Å². The first-order valence-electron chi connectivity index (χ1n) is 7.47. The molecule has 0 spiro atoms. The van der Waals surface area contributed by atoms with Crippen molar-refractivity contribution >= 4 is 34.0 Å². The second-order valence-corrected chi connectivity index (χ2v) is 5.89. The van der Waals surface area contributed by atoms with E-state index in [1.165, 1.54) is 24.3 Å². The Kier molecular flexibility index (Phi) is 4.67. The third-order valence-corrected chi connectivity index (χ3v) is 4.06. The molecule has 0 unspecified atom stereocenters. The summed E-state index contributed by atoms with van der Waals surface area (Å²) >= 11 is 5.74.